The second-order valence-electron chi connectivity index (χ2n) is 9.22. The van der Waals surface area contributed by atoms with Crippen LogP contribution in [0.15, 0.2) is 0 Å². The lowest BCUT2D eigenvalue weighted by molar-refractivity contribution is 0.0623. The van der Waals surface area contributed by atoms with Crippen LogP contribution in [0, 0.1) is 10.8 Å². The highest BCUT2D eigenvalue weighted by Crippen LogP contribution is 2.33. The van der Waals surface area contributed by atoms with E-state index in [0.29, 0.717) is 16.9 Å². The number of hydrogen-bond acceptors (Lipinski definition) is 2. The zero-order valence-corrected chi connectivity index (χ0v) is 14.6. The van der Waals surface area contributed by atoms with Crippen LogP contribution < -0.4 is 5.32 Å². The average molecular weight is 268 g/mol. The molecular formula is C17H36N2. The molecule has 0 aromatic heterocycles. The molecule has 1 N–H and O–H groups in total. The van der Waals surface area contributed by atoms with Crippen LogP contribution in [0.25, 0.3) is 0 Å². The van der Waals surface area contributed by atoms with Crippen LogP contribution in [-0.2, 0) is 0 Å². The molecule has 0 aliphatic carbocycles. The van der Waals surface area contributed by atoms with Crippen LogP contribution in [0.2, 0.25) is 0 Å². The van der Waals surface area contributed by atoms with E-state index in [0.717, 1.165) is 6.54 Å². The van der Waals surface area contributed by atoms with Crippen molar-refractivity contribution in [1.82, 2.24) is 10.2 Å². The van der Waals surface area contributed by atoms with Crippen molar-refractivity contribution < 1.29 is 0 Å². The van der Waals surface area contributed by atoms with Gasteiger partial charge in [0, 0.05) is 18.1 Å². The highest BCUT2D eigenvalue weighted by atomic mass is 15.2. The van der Waals surface area contributed by atoms with Crippen LogP contribution >= 0.6 is 0 Å². The van der Waals surface area contributed by atoms with Crippen molar-refractivity contribution >= 4 is 0 Å². The van der Waals surface area contributed by atoms with Crippen molar-refractivity contribution in [1.29, 1.82) is 0 Å². The molecule has 114 valence electrons. The largest absolute Gasteiger partial charge is 0.312 e. The summed E-state index contributed by atoms with van der Waals surface area (Å²) in [5.74, 6) is 0. The van der Waals surface area contributed by atoms with E-state index in [1.54, 1.807) is 0 Å². The molecule has 1 aliphatic heterocycles. The van der Waals surface area contributed by atoms with Gasteiger partial charge in [0.25, 0.3) is 0 Å². The van der Waals surface area contributed by atoms with Gasteiger partial charge >= 0.3 is 0 Å². The van der Waals surface area contributed by atoms with Gasteiger partial charge in [-0.2, -0.15) is 0 Å². The van der Waals surface area contributed by atoms with Crippen molar-refractivity contribution in [2.24, 2.45) is 10.8 Å². The molecule has 19 heavy (non-hydrogen) atoms. The van der Waals surface area contributed by atoms with Crippen molar-refractivity contribution in [3.63, 3.8) is 0 Å². The van der Waals surface area contributed by atoms with Gasteiger partial charge in [0.1, 0.15) is 0 Å². The molecule has 2 nitrogen and oxygen atoms in total. The Morgan fingerprint density at radius 2 is 1.58 bits per heavy atom. The average Bonchev–Trinajstić information content (AvgIpc) is 2.37. The minimum Gasteiger partial charge on any atom is -0.312 e. The first-order valence-corrected chi connectivity index (χ1v) is 7.90. The predicted octanol–water partition coefficient (Wildman–Crippen LogP) is 3.91. The van der Waals surface area contributed by atoms with Crippen LogP contribution in [0.5, 0.6) is 0 Å². The van der Waals surface area contributed by atoms with E-state index >= 15 is 0 Å². The van der Waals surface area contributed by atoms with Crippen molar-refractivity contribution in [3.05, 3.63) is 0 Å². The number of nitrogens with one attached hydrogen (secondary N) is 1. The summed E-state index contributed by atoms with van der Waals surface area (Å²) in [7, 11) is 0. The molecule has 0 saturated carbocycles. The fourth-order valence-corrected chi connectivity index (χ4v) is 3.46. The van der Waals surface area contributed by atoms with Gasteiger partial charge < -0.3 is 5.32 Å². The Morgan fingerprint density at radius 3 is 2.05 bits per heavy atom. The quantitative estimate of drug-likeness (QED) is 0.817. The second kappa shape index (κ2) is 5.73. The standard InChI is InChI=1S/C17H36N2/c1-15(2,3)13-17(7,8)19-11-9-10-18-14(12-19)16(4,5)6/h14,18H,9-13H2,1-8H3. The third-order valence-corrected chi connectivity index (χ3v) is 4.26. The summed E-state index contributed by atoms with van der Waals surface area (Å²) in [6.07, 6.45) is 2.51. The Labute approximate surface area is 121 Å². The van der Waals surface area contributed by atoms with E-state index < -0.39 is 0 Å². The lowest BCUT2D eigenvalue weighted by atomic mass is 9.79. The highest BCUT2D eigenvalue weighted by molar-refractivity contribution is 4.93. The Balaban J connectivity index is 2.80. The van der Waals surface area contributed by atoms with E-state index in [1.807, 2.05) is 0 Å². The van der Waals surface area contributed by atoms with E-state index in [-0.39, 0.29) is 5.54 Å². The molecule has 1 fully saturated rings. The number of nitrogens with zero attached hydrogens (tertiary/aromatic N) is 1. The molecule has 0 amide bonds. The van der Waals surface area contributed by atoms with Gasteiger partial charge in [-0.25, -0.2) is 0 Å². The topological polar surface area (TPSA) is 15.3 Å². The van der Waals surface area contributed by atoms with Crippen molar-refractivity contribution in [2.75, 3.05) is 19.6 Å². The van der Waals surface area contributed by atoms with Crippen LogP contribution in [0.3, 0.4) is 0 Å². The maximum atomic E-state index is 3.74. The molecule has 0 aromatic carbocycles. The molecule has 0 radical (unpaired) electrons. The normalized spacial score (nSPS) is 24.3. The summed E-state index contributed by atoms with van der Waals surface area (Å²) in [5, 5.41) is 3.74. The molecule has 2 heteroatoms. The first kappa shape index (κ1) is 17.0. The van der Waals surface area contributed by atoms with Crippen LogP contribution in [0.1, 0.15) is 68.2 Å². The minimum atomic E-state index is 0.285. The van der Waals surface area contributed by atoms with Gasteiger partial charge in [0.15, 0.2) is 0 Å². The van der Waals surface area contributed by atoms with E-state index in [9.17, 15) is 0 Å². The van der Waals surface area contributed by atoms with Gasteiger partial charge in [-0.05, 0) is 50.6 Å². The lowest BCUT2D eigenvalue weighted by Crippen LogP contribution is -2.53. The van der Waals surface area contributed by atoms with Gasteiger partial charge in [0.05, 0.1) is 0 Å². The molecule has 1 unspecified atom stereocenters. The molecule has 1 atom stereocenters. The summed E-state index contributed by atoms with van der Waals surface area (Å²) in [5.41, 5.74) is 1.01. The molecule has 1 rings (SSSR count). The second-order valence-corrected chi connectivity index (χ2v) is 9.22. The molecule has 0 aromatic rings. The minimum absolute atomic E-state index is 0.285. The maximum Gasteiger partial charge on any atom is 0.0243 e. The molecule has 0 spiro atoms. The summed E-state index contributed by atoms with van der Waals surface area (Å²) in [6, 6.07) is 0.592. The third kappa shape index (κ3) is 5.43. The summed E-state index contributed by atoms with van der Waals surface area (Å²) in [6.45, 7) is 22.5. The Bertz CT molecular complexity index is 281. The zero-order chi connectivity index (χ0) is 14.9. The molecule has 1 heterocycles. The maximum absolute atomic E-state index is 3.74. The molecule has 1 saturated heterocycles. The van der Waals surface area contributed by atoms with Crippen LogP contribution in [-0.4, -0.2) is 36.1 Å². The SMILES string of the molecule is CC(C)(C)CC(C)(C)N1CCCNC(C(C)(C)C)C1. The fraction of sp³-hybridized carbons (Fsp3) is 1.00. The molecular weight excluding hydrogens is 232 g/mol. The van der Waals surface area contributed by atoms with Gasteiger partial charge in [-0.3, -0.25) is 4.90 Å². The summed E-state index contributed by atoms with van der Waals surface area (Å²) in [4.78, 5) is 2.72. The first-order valence-electron chi connectivity index (χ1n) is 7.90. The van der Waals surface area contributed by atoms with Crippen LogP contribution in [0.4, 0.5) is 0 Å². The first-order chi connectivity index (χ1) is 8.42. The zero-order valence-electron chi connectivity index (χ0n) is 14.6. The third-order valence-electron chi connectivity index (χ3n) is 4.26. The smallest absolute Gasteiger partial charge is 0.0243 e. The molecule has 0 bridgehead atoms. The highest BCUT2D eigenvalue weighted by Gasteiger charge is 2.36. The number of rotatable bonds is 2. The summed E-state index contributed by atoms with van der Waals surface area (Å²) >= 11 is 0. The van der Waals surface area contributed by atoms with Gasteiger partial charge in [0.2, 0.25) is 0 Å². The Kier molecular flexibility index (Phi) is 5.12. The summed E-state index contributed by atoms with van der Waals surface area (Å²) < 4.78 is 0. The van der Waals surface area contributed by atoms with E-state index in [2.05, 4.69) is 65.6 Å². The van der Waals surface area contributed by atoms with E-state index in [1.165, 1.54) is 25.9 Å². The van der Waals surface area contributed by atoms with Crippen molar-refractivity contribution in [2.45, 2.75) is 79.8 Å². The number of hydrogen-bond donors (Lipinski definition) is 1. The van der Waals surface area contributed by atoms with Gasteiger partial charge in [-0.1, -0.05) is 41.5 Å². The monoisotopic (exact) mass is 268 g/mol. The Morgan fingerprint density at radius 1 is 1.00 bits per heavy atom. The lowest BCUT2D eigenvalue weighted by Gasteiger charge is -2.44. The van der Waals surface area contributed by atoms with Crippen molar-refractivity contribution in [3.8, 4) is 0 Å². The van der Waals surface area contributed by atoms with E-state index in [4.69, 9.17) is 0 Å². The predicted molar refractivity (Wildman–Crippen MR) is 85.6 cm³/mol. The Hall–Kier alpha value is -0.0800. The fourth-order valence-electron chi connectivity index (χ4n) is 3.46. The molecule has 1 aliphatic rings. The van der Waals surface area contributed by atoms with Gasteiger partial charge in [-0.15, -0.1) is 0 Å².